The molecule has 0 amide bonds. The average molecular weight is 217 g/mol. The fourth-order valence-electron chi connectivity index (χ4n) is 0. The second-order valence-corrected chi connectivity index (χ2v) is 1.20. The molecule has 0 aromatic carbocycles. The van der Waals surface area contributed by atoms with Crippen molar-refractivity contribution >= 4 is 60.0 Å². The Hall–Kier alpha value is 1.72. The molecule has 0 bridgehead atoms. The van der Waals surface area contributed by atoms with Crippen molar-refractivity contribution in [1.82, 2.24) is 0 Å². The predicted octanol–water partition coefficient (Wildman–Crippen LogP) is -1.99. The molecular formula is H2O3SeSr. The van der Waals surface area contributed by atoms with Crippen molar-refractivity contribution in [3.8, 4) is 0 Å². The number of hydrogen-bond donors (Lipinski definition) is 2. The van der Waals surface area contributed by atoms with Crippen molar-refractivity contribution in [1.29, 1.82) is 0 Å². The Balaban J connectivity index is 0. The molecule has 0 aliphatic carbocycles. The molecule has 2 radical (unpaired) electrons. The van der Waals surface area contributed by atoms with E-state index in [1.165, 1.54) is 0 Å². The Bertz CT molecular complexity index is 29.9. The summed E-state index contributed by atoms with van der Waals surface area (Å²) in [6.07, 6.45) is 0. The average Bonchev–Trinajstić information content (AvgIpc) is 0.811. The molecule has 0 rings (SSSR count). The second kappa shape index (κ2) is 5.72. The van der Waals surface area contributed by atoms with Crippen molar-refractivity contribution in [3.63, 3.8) is 0 Å². The third kappa shape index (κ3) is 26.8. The SMILES string of the molecule is O=[Se](O)O.[Sr]. The molecule has 5 heteroatoms. The van der Waals surface area contributed by atoms with E-state index in [4.69, 9.17) is 12.2 Å². The third-order valence-electron chi connectivity index (χ3n) is 0. The van der Waals surface area contributed by atoms with Gasteiger partial charge in [-0.1, -0.05) is 0 Å². The summed E-state index contributed by atoms with van der Waals surface area (Å²) in [4.78, 5) is 0. The van der Waals surface area contributed by atoms with Gasteiger partial charge < -0.3 is 0 Å². The van der Waals surface area contributed by atoms with Gasteiger partial charge in [0.1, 0.15) is 0 Å². The fourth-order valence-corrected chi connectivity index (χ4v) is 0. The van der Waals surface area contributed by atoms with Crippen LogP contribution in [0.15, 0.2) is 0 Å². The van der Waals surface area contributed by atoms with E-state index in [1.807, 2.05) is 0 Å². The first-order chi connectivity index (χ1) is 1.73. The molecule has 5 heavy (non-hydrogen) atoms. The van der Waals surface area contributed by atoms with Gasteiger partial charge in [0.2, 0.25) is 0 Å². The van der Waals surface area contributed by atoms with Crippen LogP contribution in [0, 0.1) is 0 Å². The standard InChI is InChI=1S/H2O3Se.Sr/c1-4(2)3;/h(H2,1,2,3);. The normalized spacial score (nSPS) is 7.00. The summed E-state index contributed by atoms with van der Waals surface area (Å²) >= 11 is -3.29. The zero-order valence-corrected chi connectivity index (χ0v) is 7.61. The smallest absolute Gasteiger partial charge is 0 e. The number of rotatable bonds is 0. The van der Waals surface area contributed by atoms with Gasteiger partial charge in [0.05, 0.1) is 0 Å². The quantitative estimate of drug-likeness (QED) is 0.461. The van der Waals surface area contributed by atoms with Crippen LogP contribution in [0.5, 0.6) is 0 Å². The third-order valence-corrected chi connectivity index (χ3v) is 0. The maximum Gasteiger partial charge on any atom is 0 e. The summed E-state index contributed by atoms with van der Waals surface area (Å²) in [6.45, 7) is 0. The molecule has 0 aromatic rings. The van der Waals surface area contributed by atoms with E-state index in [0.717, 1.165) is 0 Å². The van der Waals surface area contributed by atoms with Crippen LogP contribution < -0.4 is 0 Å². The van der Waals surface area contributed by atoms with Crippen LogP contribution in [-0.2, 0) is 3.83 Å². The van der Waals surface area contributed by atoms with Gasteiger partial charge in [-0.3, -0.25) is 0 Å². The second-order valence-electron chi connectivity index (χ2n) is 0.231. The Morgan fingerprint density at radius 2 is 1.40 bits per heavy atom. The predicted molar refractivity (Wildman–Crippen MR) is 16.6 cm³/mol. The summed E-state index contributed by atoms with van der Waals surface area (Å²) < 4.78 is 23.1. The largest absolute Gasteiger partial charge is 0 e. The van der Waals surface area contributed by atoms with E-state index < -0.39 is 14.5 Å². The van der Waals surface area contributed by atoms with E-state index in [0.29, 0.717) is 0 Å². The Morgan fingerprint density at radius 3 is 1.40 bits per heavy atom. The first kappa shape index (κ1) is 9.87. The van der Waals surface area contributed by atoms with Crippen LogP contribution in [0.3, 0.4) is 0 Å². The Labute approximate surface area is 71.0 Å². The molecule has 0 atom stereocenters. The van der Waals surface area contributed by atoms with Crippen LogP contribution >= 0.6 is 0 Å². The van der Waals surface area contributed by atoms with E-state index in [-0.39, 0.29) is 45.5 Å². The van der Waals surface area contributed by atoms with Crippen molar-refractivity contribution in [2.24, 2.45) is 0 Å². The van der Waals surface area contributed by atoms with E-state index >= 15 is 0 Å². The van der Waals surface area contributed by atoms with Crippen LogP contribution in [0.1, 0.15) is 0 Å². The summed E-state index contributed by atoms with van der Waals surface area (Å²) in [5, 5.41) is 0. The molecule has 0 spiro atoms. The molecular weight excluding hydrogens is 215 g/mol. The van der Waals surface area contributed by atoms with E-state index in [2.05, 4.69) is 0 Å². The molecule has 0 saturated heterocycles. The van der Waals surface area contributed by atoms with Crippen LogP contribution in [-0.4, -0.2) is 68.4 Å². The zero-order chi connectivity index (χ0) is 3.58. The van der Waals surface area contributed by atoms with Crippen molar-refractivity contribution in [3.05, 3.63) is 0 Å². The number of hydrogen-bond acceptors (Lipinski definition) is 1. The first-order valence-electron chi connectivity index (χ1n) is 0.532. The molecule has 28 valence electrons. The summed E-state index contributed by atoms with van der Waals surface area (Å²) in [6, 6.07) is 0. The Morgan fingerprint density at radius 1 is 1.40 bits per heavy atom. The summed E-state index contributed by atoms with van der Waals surface area (Å²) in [5.74, 6) is 0. The minimum atomic E-state index is -3.29. The minimum Gasteiger partial charge on any atom is 0 e. The van der Waals surface area contributed by atoms with Gasteiger partial charge in [-0.05, 0) is 0 Å². The van der Waals surface area contributed by atoms with Gasteiger partial charge in [0.25, 0.3) is 0 Å². The maximum absolute atomic E-state index is 8.76. The molecule has 0 heterocycles. The molecule has 0 fully saturated rings. The molecule has 2 N–H and O–H groups in total. The van der Waals surface area contributed by atoms with Crippen LogP contribution in [0.2, 0.25) is 0 Å². The van der Waals surface area contributed by atoms with Crippen molar-refractivity contribution in [2.75, 3.05) is 0 Å². The molecule has 3 nitrogen and oxygen atoms in total. The van der Waals surface area contributed by atoms with Crippen molar-refractivity contribution < 1.29 is 12.2 Å². The molecule has 0 aliphatic heterocycles. The van der Waals surface area contributed by atoms with E-state index in [1.54, 1.807) is 0 Å². The van der Waals surface area contributed by atoms with Gasteiger partial charge in [-0.25, -0.2) is 0 Å². The van der Waals surface area contributed by atoms with E-state index in [9.17, 15) is 0 Å². The minimum absolute atomic E-state index is 0. The zero-order valence-electron chi connectivity index (χ0n) is 2.42. The Kier molecular flexibility index (Phi) is 11.3. The van der Waals surface area contributed by atoms with Crippen LogP contribution in [0.4, 0.5) is 0 Å². The summed E-state index contributed by atoms with van der Waals surface area (Å²) in [5.41, 5.74) is 0. The van der Waals surface area contributed by atoms with Gasteiger partial charge in [-0.15, -0.1) is 0 Å². The van der Waals surface area contributed by atoms with Gasteiger partial charge in [0.15, 0.2) is 0 Å². The maximum atomic E-state index is 8.76. The molecule has 0 unspecified atom stereocenters. The van der Waals surface area contributed by atoms with Gasteiger partial charge in [0, 0.05) is 45.5 Å². The molecule has 0 aromatic heterocycles. The monoisotopic (exact) mass is 218 g/mol. The molecule has 0 saturated carbocycles. The fraction of sp³-hybridized carbons (Fsp3) is 0. The topological polar surface area (TPSA) is 57.5 Å². The summed E-state index contributed by atoms with van der Waals surface area (Å²) in [7, 11) is 0. The van der Waals surface area contributed by atoms with Gasteiger partial charge in [-0.2, -0.15) is 0 Å². The van der Waals surface area contributed by atoms with Crippen LogP contribution in [0.25, 0.3) is 0 Å². The van der Waals surface area contributed by atoms with Gasteiger partial charge >= 0.3 is 26.7 Å². The van der Waals surface area contributed by atoms with Crippen molar-refractivity contribution in [2.45, 2.75) is 0 Å². The molecule has 0 aliphatic rings. The first-order valence-corrected chi connectivity index (χ1v) is 2.76.